The molecule has 10 nitrogen and oxygen atoms in total. The number of benzene rings is 3. The van der Waals surface area contributed by atoms with Crippen molar-refractivity contribution in [1.29, 1.82) is 0 Å². The predicted octanol–water partition coefficient (Wildman–Crippen LogP) is 2.53. The lowest BCUT2D eigenvalue weighted by atomic mass is 10.1. The summed E-state index contributed by atoms with van der Waals surface area (Å²) in [6.45, 7) is 0.0295. The zero-order valence-corrected chi connectivity index (χ0v) is 20.5. The molecule has 3 amide bonds. The molecule has 0 saturated carbocycles. The number of hydrogen-bond acceptors (Lipinski definition) is 7. The largest absolute Gasteiger partial charge is 0.493 e. The second-order valence-corrected chi connectivity index (χ2v) is 7.64. The Bertz CT molecular complexity index is 1250. The van der Waals surface area contributed by atoms with E-state index in [1.807, 2.05) is 24.3 Å². The first kappa shape index (κ1) is 26.7. The SMILES string of the molecule is COc1ccc(CCNC(=O)C(=O)N/N=C\c2ccccc2OCC(=O)Nc2ccccc2)cc1OC. The maximum atomic E-state index is 12.1. The monoisotopic (exact) mass is 504 g/mol. The normalized spacial score (nSPS) is 10.4. The van der Waals surface area contributed by atoms with Crippen LogP contribution in [0.2, 0.25) is 0 Å². The number of hydrazone groups is 1. The lowest BCUT2D eigenvalue weighted by Gasteiger charge is -2.10. The van der Waals surface area contributed by atoms with Crippen molar-refractivity contribution in [2.75, 3.05) is 32.7 Å². The molecular formula is C27H28N4O6. The molecule has 0 aliphatic carbocycles. The molecule has 3 rings (SSSR count). The van der Waals surface area contributed by atoms with E-state index in [2.05, 4.69) is 21.2 Å². The molecule has 0 unspecified atom stereocenters. The molecule has 3 aromatic carbocycles. The molecule has 0 fully saturated rings. The van der Waals surface area contributed by atoms with E-state index in [0.29, 0.717) is 34.9 Å². The molecule has 37 heavy (non-hydrogen) atoms. The predicted molar refractivity (Wildman–Crippen MR) is 139 cm³/mol. The third-order valence-corrected chi connectivity index (χ3v) is 5.06. The van der Waals surface area contributed by atoms with Gasteiger partial charge in [-0.05, 0) is 48.4 Å². The van der Waals surface area contributed by atoms with Crippen LogP contribution in [0.1, 0.15) is 11.1 Å². The van der Waals surface area contributed by atoms with Crippen molar-refractivity contribution in [3.05, 3.63) is 83.9 Å². The molecule has 0 aliphatic rings. The van der Waals surface area contributed by atoms with Gasteiger partial charge in [0, 0.05) is 17.8 Å². The van der Waals surface area contributed by atoms with Gasteiger partial charge in [0.25, 0.3) is 5.91 Å². The molecule has 0 atom stereocenters. The van der Waals surface area contributed by atoms with Crippen LogP contribution in [0.5, 0.6) is 17.2 Å². The molecular weight excluding hydrogens is 476 g/mol. The first-order chi connectivity index (χ1) is 18.0. The average Bonchev–Trinajstić information content (AvgIpc) is 2.92. The van der Waals surface area contributed by atoms with Gasteiger partial charge >= 0.3 is 11.8 Å². The number of carbonyl (C=O) groups is 3. The highest BCUT2D eigenvalue weighted by Gasteiger charge is 2.13. The molecule has 3 N–H and O–H groups in total. The molecule has 0 aliphatic heterocycles. The Morgan fingerprint density at radius 3 is 2.32 bits per heavy atom. The van der Waals surface area contributed by atoms with E-state index < -0.39 is 11.8 Å². The van der Waals surface area contributed by atoms with E-state index in [0.717, 1.165) is 5.56 Å². The summed E-state index contributed by atoms with van der Waals surface area (Å²) in [6.07, 6.45) is 1.82. The maximum absolute atomic E-state index is 12.1. The Morgan fingerprint density at radius 2 is 1.57 bits per heavy atom. The van der Waals surface area contributed by atoms with Crippen LogP contribution in [0.25, 0.3) is 0 Å². The van der Waals surface area contributed by atoms with E-state index in [1.165, 1.54) is 6.21 Å². The van der Waals surface area contributed by atoms with Gasteiger partial charge in [-0.3, -0.25) is 14.4 Å². The fraction of sp³-hybridized carbons (Fsp3) is 0.185. The highest BCUT2D eigenvalue weighted by molar-refractivity contribution is 6.35. The van der Waals surface area contributed by atoms with Crippen molar-refractivity contribution in [1.82, 2.24) is 10.7 Å². The second kappa shape index (κ2) is 13.9. The van der Waals surface area contributed by atoms with Gasteiger partial charge in [-0.15, -0.1) is 0 Å². The number of rotatable bonds is 11. The van der Waals surface area contributed by atoms with Crippen LogP contribution < -0.4 is 30.3 Å². The van der Waals surface area contributed by atoms with Gasteiger partial charge < -0.3 is 24.8 Å². The Hall–Kier alpha value is -4.86. The number of hydrogen-bond donors (Lipinski definition) is 3. The smallest absolute Gasteiger partial charge is 0.329 e. The molecule has 0 radical (unpaired) electrons. The average molecular weight is 505 g/mol. The number of methoxy groups -OCH3 is 2. The van der Waals surface area contributed by atoms with Gasteiger partial charge in [-0.25, -0.2) is 5.43 Å². The van der Waals surface area contributed by atoms with Crippen LogP contribution in [0.3, 0.4) is 0 Å². The van der Waals surface area contributed by atoms with Crippen LogP contribution in [0, 0.1) is 0 Å². The van der Waals surface area contributed by atoms with Crippen molar-refractivity contribution in [3.8, 4) is 17.2 Å². The molecule has 192 valence electrons. The highest BCUT2D eigenvalue weighted by atomic mass is 16.5. The third kappa shape index (κ3) is 8.39. The molecule has 0 saturated heterocycles. The first-order valence-corrected chi connectivity index (χ1v) is 11.4. The maximum Gasteiger partial charge on any atom is 0.329 e. The van der Waals surface area contributed by atoms with Gasteiger partial charge in [0.05, 0.1) is 20.4 Å². The molecule has 0 spiro atoms. The Balaban J connectivity index is 1.45. The zero-order valence-electron chi connectivity index (χ0n) is 20.5. The standard InChI is InChI=1S/C27H28N4O6/c1-35-23-13-12-19(16-24(23)36-2)14-15-28-26(33)27(34)31-29-17-20-8-6-7-11-22(20)37-18-25(32)30-21-9-4-3-5-10-21/h3-13,16-17H,14-15,18H2,1-2H3,(H,28,33)(H,30,32)(H,31,34)/b29-17-. The van der Waals surface area contributed by atoms with Crippen LogP contribution >= 0.6 is 0 Å². The topological polar surface area (TPSA) is 127 Å². The van der Waals surface area contributed by atoms with E-state index in [1.54, 1.807) is 62.8 Å². The molecule has 0 aromatic heterocycles. The summed E-state index contributed by atoms with van der Waals surface area (Å²) in [5.41, 5.74) is 4.27. The van der Waals surface area contributed by atoms with Crippen molar-refractivity contribution in [3.63, 3.8) is 0 Å². The Labute approximate surface area is 214 Å². The minimum atomic E-state index is -0.913. The van der Waals surface area contributed by atoms with Crippen molar-refractivity contribution < 1.29 is 28.6 Å². The van der Waals surface area contributed by atoms with Gasteiger partial charge in [-0.2, -0.15) is 5.10 Å². The zero-order chi connectivity index (χ0) is 26.5. The van der Waals surface area contributed by atoms with E-state index in [4.69, 9.17) is 14.2 Å². The van der Waals surface area contributed by atoms with Gasteiger partial charge in [0.15, 0.2) is 18.1 Å². The molecule has 0 bridgehead atoms. The lowest BCUT2D eigenvalue weighted by molar-refractivity contribution is -0.139. The number of anilines is 1. The van der Waals surface area contributed by atoms with Gasteiger partial charge in [-0.1, -0.05) is 36.4 Å². The quantitative estimate of drug-likeness (QED) is 0.209. The van der Waals surface area contributed by atoms with Gasteiger partial charge in [0.1, 0.15) is 5.75 Å². The number of para-hydroxylation sites is 2. The van der Waals surface area contributed by atoms with Crippen LogP contribution in [-0.4, -0.2) is 51.3 Å². The molecule has 0 heterocycles. The third-order valence-electron chi connectivity index (χ3n) is 5.06. The fourth-order valence-electron chi connectivity index (χ4n) is 3.23. The summed E-state index contributed by atoms with van der Waals surface area (Å²) in [7, 11) is 3.09. The minimum Gasteiger partial charge on any atom is -0.493 e. The van der Waals surface area contributed by atoms with Crippen LogP contribution in [0.15, 0.2) is 77.9 Å². The summed E-state index contributed by atoms with van der Waals surface area (Å²) < 4.78 is 16.1. The van der Waals surface area contributed by atoms with Crippen molar-refractivity contribution >= 4 is 29.6 Å². The number of nitrogens with one attached hydrogen (secondary N) is 3. The fourth-order valence-corrected chi connectivity index (χ4v) is 3.23. The number of amides is 3. The van der Waals surface area contributed by atoms with E-state index in [9.17, 15) is 14.4 Å². The Morgan fingerprint density at radius 1 is 0.838 bits per heavy atom. The van der Waals surface area contributed by atoms with Crippen LogP contribution in [-0.2, 0) is 20.8 Å². The number of carbonyl (C=O) groups excluding carboxylic acids is 3. The minimum absolute atomic E-state index is 0.214. The van der Waals surface area contributed by atoms with Crippen LogP contribution in [0.4, 0.5) is 5.69 Å². The molecule has 3 aromatic rings. The lowest BCUT2D eigenvalue weighted by Crippen LogP contribution is -2.38. The number of ether oxygens (including phenoxy) is 3. The summed E-state index contributed by atoms with van der Waals surface area (Å²) in [6, 6.07) is 21.3. The van der Waals surface area contributed by atoms with E-state index >= 15 is 0 Å². The van der Waals surface area contributed by atoms with Crippen molar-refractivity contribution in [2.45, 2.75) is 6.42 Å². The van der Waals surface area contributed by atoms with Gasteiger partial charge in [0.2, 0.25) is 0 Å². The number of nitrogens with zero attached hydrogens (tertiary/aromatic N) is 1. The molecule has 10 heteroatoms. The highest BCUT2D eigenvalue weighted by Crippen LogP contribution is 2.27. The summed E-state index contributed by atoms with van der Waals surface area (Å²) in [5, 5.41) is 9.10. The second-order valence-electron chi connectivity index (χ2n) is 7.64. The van der Waals surface area contributed by atoms with E-state index in [-0.39, 0.29) is 19.1 Å². The summed E-state index contributed by atoms with van der Waals surface area (Å²) in [4.78, 5) is 36.3. The summed E-state index contributed by atoms with van der Waals surface area (Å²) in [5.74, 6) is -0.475. The Kier molecular flexibility index (Phi) is 10.0. The van der Waals surface area contributed by atoms with Crippen molar-refractivity contribution in [2.24, 2.45) is 5.10 Å². The summed E-state index contributed by atoms with van der Waals surface area (Å²) >= 11 is 0. The first-order valence-electron chi connectivity index (χ1n) is 11.4.